The van der Waals surface area contributed by atoms with Gasteiger partial charge in [0, 0.05) is 18.1 Å². The van der Waals surface area contributed by atoms with Gasteiger partial charge in [-0.3, -0.25) is 4.57 Å². The number of carbonyl (C=O) groups is 1. The van der Waals surface area contributed by atoms with E-state index in [-0.39, 0.29) is 43.0 Å². The summed E-state index contributed by atoms with van der Waals surface area (Å²) in [6.07, 6.45) is 1.21. The highest BCUT2D eigenvalue weighted by atomic mass is 32.2. The summed E-state index contributed by atoms with van der Waals surface area (Å²) in [6, 6.07) is 5.40. The molecule has 0 radical (unpaired) electrons. The Hall–Kier alpha value is -3.15. The molecular formula is C15H17N5O6S. The van der Waals surface area contributed by atoms with Gasteiger partial charge < -0.3 is 19.8 Å². The Morgan fingerprint density at radius 3 is 2.63 bits per heavy atom. The molecule has 0 saturated carbocycles. The number of amides is 2. The average molecular weight is 395 g/mol. The number of nitro groups is 1. The van der Waals surface area contributed by atoms with Crippen LogP contribution in [-0.4, -0.2) is 53.5 Å². The van der Waals surface area contributed by atoms with Crippen LogP contribution in [0, 0.1) is 17.0 Å². The van der Waals surface area contributed by atoms with Crippen LogP contribution in [0.15, 0.2) is 35.4 Å². The number of aryl methyl sites for hydroxylation is 1. The summed E-state index contributed by atoms with van der Waals surface area (Å²) >= 11 is 0. The molecule has 144 valence electrons. The van der Waals surface area contributed by atoms with Gasteiger partial charge in [-0.1, -0.05) is 17.7 Å². The van der Waals surface area contributed by atoms with Crippen molar-refractivity contribution in [1.82, 2.24) is 19.2 Å². The molecule has 1 aliphatic heterocycles. The number of urea groups is 1. The molecule has 0 spiro atoms. The molecule has 12 heteroatoms. The number of rotatable bonds is 3. The maximum absolute atomic E-state index is 12.4. The van der Waals surface area contributed by atoms with Gasteiger partial charge in [0.1, 0.15) is 12.8 Å². The van der Waals surface area contributed by atoms with Gasteiger partial charge in [0.05, 0.1) is 11.4 Å². The van der Waals surface area contributed by atoms with Crippen LogP contribution < -0.4 is 9.46 Å². The summed E-state index contributed by atoms with van der Waals surface area (Å²) in [7, 11) is -4.00. The lowest BCUT2D eigenvalue weighted by molar-refractivity contribution is -0.389. The zero-order chi connectivity index (χ0) is 19.6. The van der Waals surface area contributed by atoms with Crippen molar-refractivity contribution < 1.29 is 22.9 Å². The zero-order valence-corrected chi connectivity index (χ0v) is 15.2. The minimum absolute atomic E-state index is 0.0164. The minimum Gasteiger partial charge on any atom is -0.444 e. The molecule has 1 aromatic heterocycles. The first-order chi connectivity index (χ1) is 12.8. The summed E-state index contributed by atoms with van der Waals surface area (Å²) in [5.41, 5.74) is 0.895. The summed E-state index contributed by atoms with van der Waals surface area (Å²) in [5, 5.41) is 10.8. The molecule has 0 fully saturated rings. The Kier molecular flexibility index (Phi) is 4.99. The third-order valence-electron chi connectivity index (χ3n) is 3.96. The third kappa shape index (κ3) is 4.16. The van der Waals surface area contributed by atoms with Gasteiger partial charge >= 0.3 is 17.9 Å². The molecule has 2 heterocycles. The predicted octanol–water partition coefficient (Wildman–Crippen LogP) is 0.893. The van der Waals surface area contributed by atoms with E-state index < -0.39 is 21.0 Å². The molecular weight excluding hydrogens is 378 g/mol. The first-order valence-corrected chi connectivity index (χ1v) is 9.47. The highest BCUT2D eigenvalue weighted by Crippen LogP contribution is 2.19. The number of fused-ring (bicyclic) bond motifs is 1. The largest absolute Gasteiger partial charge is 0.444 e. The van der Waals surface area contributed by atoms with E-state index in [2.05, 4.69) is 4.98 Å². The lowest BCUT2D eigenvalue weighted by atomic mass is 10.2. The van der Waals surface area contributed by atoms with Crippen molar-refractivity contribution in [2.75, 3.05) is 19.7 Å². The molecule has 3 rings (SSSR count). The van der Waals surface area contributed by atoms with E-state index in [1.54, 1.807) is 12.1 Å². The first kappa shape index (κ1) is 18.6. The van der Waals surface area contributed by atoms with Crippen LogP contribution in [0.5, 0.6) is 6.01 Å². The maximum atomic E-state index is 12.4. The van der Waals surface area contributed by atoms with E-state index in [0.717, 1.165) is 5.56 Å². The number of hydrogen-bond acceptors (Lipinski definition) is 7. The topological polar surface area (TPSA) is 137 Å². The van der Waals surface area contributed by atoms with Gasteiger partial charge in [0.15, 0.2) is 0 Å². The monoisotopic (exact) mass is 395 g/mol. The first-order valence-electron chi connectivity index (χ1n) is 7.99. The van der Waals surface area contributed by atoms with Gasteiger partial charge in [-0.25, -0.2) is 17.9 Å². The molecule has 0 atom stereocenters. The van der Waals surface area contributed by atoms with Crippen LogP contribution in [0.25, 0.3) is 0 Å². The van der Waals surface area contributed by atoms with E-state index in [0.29, 0.717) is 0 Å². The fraction of sp³-hybridized carbons (Fsp3) is 0.333. The number of benzene rings is 1. The molecule has 1 aromatic carbocycles. The molecule has 1 aliphatic rings. The smallest absolute Gasteiger partial charge is 0.414 e. The Labute approximate surface area is 154 Å². The van der Waals surface area contributed by atoms with Crippen molar-refractivity contribution in [1.29, 1.82) is 0 Å². The van der Waals surface area contributed by atoms with E-state index in [1.807, 2.05) is 11.6 Å². The zero-order valence-electron chi connectivity index (χ0n) is 14.4. The van der Waals surface area contributed by atoms with Crippen molar-refractivity contribution in [2.24, 2.45) is 0 Å². The van der Waals surface area contributed by atoms with Crippen LogP contribution in [0.4, 0.5) is 10.6 Å². The van der Waals surface area contributed by atoms with Crippen LogP contribution in [0.2, 0.25) is 0 Å². The molecule has 2 amide bonds. The second-order valence-electron chi connectivity index (χ2n) is 5.89. The number of ether oxygens (including phenoxy) is 1. The molecule has 11 nitrogen and oxygen atoms in total. The highest BCUT2D eigenvalue weighted by Gasteiger charge is 2.26. The van der Waals surface area contributed by atoms with E-state index in [1.165, 1.54) is 27.8 Å². The normalized spacial score (nSPS) is 14.5. The van der Waals surface area contributed by atoms with Crippen LogP contribution in [0.1, 0.15) is 5.56 Å². The number of nitrogens with zero attached hydrogens (tertiary/aromatic N) is 4. The van der Waals surface area contributed by atoms with Crippen molar-refractivity contribution >= 4 is 21.9 Å². The molecule has 0 bridgehead atoms. The summed E-state index contributed by atoms with van der Waals surface area (Å²) in [5.74, 6) is -0.357. The number of nitrogens with one attached hydrogen (secondary N) is 1. The molecule has 2 aromatic rings. The van der Waals surface area contributed by atoms with Crippen molar-refractivity contribution in [3.63, 3.8) is 0 Å². The van der Waals surface area contributed by atoms with Gasteiger partial charge in [-0.05, 0) is 24.0 Å². The quantitative estimate of drug-likeness (QED) is 0.602. The second-order valence-corrected chi connectivity index (χ2v) is 7.57. The van der Waals surface area contributed by atoms with Gasteiger partial charge in [-0.2, -0.15) is 0 Å². The van der Waals surface area contributed by atoms with Gasteiger partial charge in [0.2, 0.25) is 0 Å². The van der Waals surface area contributed by atoms with Gasteiger partial charge in [-0.15, -0.1) is 0 Å². The van der Waals surface area contributed by atoms with Crippen LogP contribution in [-0.2, 0) is 16.6 Å². The SMILES string of the molecule is Cc1ccc(S(=O)(=O)NC(=O)N2CCOc3nc([N+](=O)[O-])cn3CC2)cc1. The summed E-state index contributed by atoms with van der Waals surface area (Å²) in [6.45, 7) is 2.26. The fourth-order valence-electron chi connectivity index (χ4n) is 2.50. The Morgan fingerprint density at radius 2 is 1.96 bits per heavy atom. The number of sulfonamides is 1. The third-order valence-corrected chi connectivity index (χ3v) is 5.29. The van der Waals surface area contributed by atoms with Crippen LogP contribution >= 0.6 is 0 Å². The fourth-order valence-corrected chi connectivity index (χ4v) is 3.47. The molecule has 0 unspecified atom stereocenters. The molecule has 0 saturated heterocycles. The highest BCUT2D eigenvalue weighted by molar-refractivity contribution is 7.90. The van der Waals surface area contributed by atoms with E-state index in [4.69, 9.17) is 4.74 Å². The second kappa shape index (κ2) is 7.23. The van der Waals surface area contributed by atoms with E-state index >= 15 is 0 Å². The number of carbonyl (C=O) groups excluding carboxylic acids is 1. The maximum Gasteiger partial charge on any atom is 0.414 e. The molecule has 0 aliphatic carbocycles. The lowest BCUT2D eigenvalue weighted by Crippen LogP contribution is -2.46. The summed E-state index contributed by atoms with van der Waals surface area (Å²) < 4.78 is 33.5. The molecule has 27 heavy (non-hydrogen) atoms. The van der Waals surface area contributed by atoms with Crippen molar-refractivity contribution in [3.8, 4) is 6.01 Å². The number of imidazole rings is 1. The summed E-state index contributed by atoms with van der Waals surface area (Å²) in [4.78, 5) is 27.6. The Balaban J connectivity index is 1.70. The van der Waals surface area contributed by atoms with Crippen molar-refractivity contribution in [3.05, 3.63) is 46.1 Å². The standard InChI is InChI=1S/C15H17N5O6S/c1-11-2-4-12(5-3-11)27(24,25)17-14(21)18-6-7-19-10-13(20(22)23)16-15(19)26-9-8-18/h2-5,10H,6-9H2,1H3,(H,17,21). The van der Waals surface area contributed by atoms with Crippen molar-refractivity contribution in [2.45, 2.75) is 18.4 Å². The van der Waals surface area contributed by atoms with Gasteiger partial charge in [0.25, 0.3) is 10.0 Å². The Bertz CT molecular complexity index is 969. The Morgan fingerprint density at radius 1 is 1.26 bits per heavy atom. The molecule has 1 N–H and O–H groups in total. The van der Waals surface area contributed by atoms with E-state index in [9.17, 15) is 23.3 Å². The van der Waals surface area contributed by atoms with Crippen LogP contribution in [0.3, 0.4) is 0 Å². The number of hydrogen-bond donors (Lipinski definition) is 1. The number of aromatic nitrogens is 2. The minimum atomic E-state index is -4.00. The average Bonchev–Trinajstić information content (AvgIpc) is 2.97. The lowest BCUT2D eigenvalue weighted by Gasteiger charge is -2.24. The predicted molar refractivity (Wildman–Crippen MR) is 92.8 cm³/mol.